The van der Waals surface area contributed by atoms with Crippen LogP contribution < -0.4 is 11.1 Å². The van der Waals surface area contributed by atoms with Gasteiger partial charge in [-0.15, -0.1) is 0 Å². The van der Waals surface area contributed by atoms with E-state index in [-0.39, 0.29) is 29.2 Å². The molecule has 3 unspecified atom stereocenters. The molecule has 4 N–H and O–H groups in total. The Labute approximate surface area is 108 Å². The molecule has 0 aromatic carbocycles. The molecule has 0 radical (unpaired) electrons. The van der Waals surface area contributed by atoms with Crippen molar-refractivity contribution in [3.05, 3.63) is 0 Å². The summed E-state index contributed by atoms with van der Waals surface area (Å²) in [6.07, 6.45) is 1.29. The highest BCUT2D eigenvalue weighted by atomic mass is 16.4. The molecule has 1 rings (SSSR count). The molecule has 5 nitrogen and oxygen atoms in total. The number of amides is 1. The van der Waals surface area contributed by atoms with Crippen molar-refractivity contribution < 1.29 is 14.7 Å². The number of nitrogens with one attached hydrogen (secondary N) is 1. The molecule has 1 amide bonds. The maximum Gasteiger partial charge on any atom is 0.307 e. The molecule has 5 heteroatoms. The second-order valence-electron chi connectivity index (χ2n) is 5.98. The normalized spacial score (nSPS) is 32.6. The monoisotopic (exact) mass is 256 g/mol. The molecular weight excluding hydrogens is 232 g/mol. The second kappa shape index (κ2) is 5.26. The highest BCUT2D eigenvalue weighted by Gasteiger charge is 2.46. The van der Waals surface area contributed by atoms with Crippen molar-refractivity contribution in [3.8, 4) is 0 Å². The van der Waals surface area contributed by atoms with Crippen molar-refractivity contribution in [1.29, 1.82) is 0 Å². The van der Waals surface area contributed by atoms with Crippen LogP contribution in [0.3, 0.4) is 0 Å². The summed E-state index contributed by atoms with van der Waals surface area (Å²) in [4.78, 5) is 22.9. The first kappa shape index (κ1) is 15.0. The minimum Gasteiger partial charge on any atom is -0.481 e. The zero-order valence-electron chi connectivity index (χ0n) is 11.6. The van der Waals surface area contributed by atoms with Crippen LogP contribution in [0.4, 0.5) is 0 Å². The van der Waals surface area contributed by atoms with E-state index < -0.39 is 12.0 Å². The first-order valence-electron chi connectivity index (χ1n) is 6.46. The Balaban J connectivity index is 2.78. The van der Waals surface area contributed by atoms with Gasteiger partial charge in [0.05, 0.1) is 12.0 Å². The van der Waals surface area contributed by atoms with Gasteiger partial charge in [0.2, 0.25) is 5.91 Å². The molecule has 1 saturated carbocycles. The van der Waals surface area contributed by atoms with Crippen LogP contribution in [0, 0.1) is 17.3 Å². The lowest BCUT2D eigenvalue weighted by molar-refractivity contribution is -0.150. The standard InChI is InChI=1S/C13H24N2O3/c1-7-10(15-11(16)8(2)14)6-5-9(12(17)18)13(7,3)4/h7-10H,5-6,14H2,1-4H3,(H,15,16)(H,17,18)/t7?,8-,9?,10?/m1/s1. The number of carboxylic acid groups (broad SMARTS) is 1. The average molecular weight is 256 g/mol. The van der Waals surface area contributed by atoms with Crippen LogP contribution in [-0.4, -0.2) is 29.1 Å². The zero-order valence-corrected chi connectivity index (χ0v) is 11.6. The molecule has 4 atom stereocenters. The topological polar surface area (TPSA) is 92.4 Å². The summed E-state index contributed by atoms with van der Waals surface area (Å²) in [5.74, 6) is -1.16. The minimum absolute atomic E-state index is 0.00843. The predicted molar refractivity (Wildman–Crippen MR) is 68.9 cm³/mol. The number of carboxylic acids is 1. The molecule has 0 aromatic rings. The van der Waals surface area contributed by atoms with Crippen LogP contribution in [0.2, 0.25) is 0 Å². The van der Waals surface area contributed by atoms with E-state index in [4.69, 9.17) is 5.73 Å². The molecule has 0 aromatic heterocycles. The maximum absolute atomic E-state index is 11.6. The smallest absolute Gasteiger partial charge is 0.307 e. The van der Waals surface area contributed by atoms with Gasteiger partial charge in [-0.05, 0) is 31.1 Å². The summed E-state index contributed by atoms with van der Waals surface area (Å²) in [6, 6.07) is -0.522. The van der Waals surface area contributed by atoms with Crippen molar-refractivity contribution in [3.63, 3.8) is 0 Å². The van der Waals surface area contributed by atoms with E-state index in [0.717, 1.165) is 0 Å². The largest absolute Gasteiger partial charge is 0.481 e. The number of nitrogens with two attached hydrogens (primary N) is 1. The Morgan fingerprint density at radius 1 is 1.39 bits per heavy atom. The van der Waals surface area contributed by atoms with Gasteiger partial charge in [0, 0.05) is 6.04 Å². The molecule has 18 heavy (non-hydrogen) atoms. The van der Waals surface area contributed by atoms with Gasteiger partial charge in [-0.2, -0.15) is 0 Å². The van der Waals surface area contributed by atoms with Gasteiger partial charge in [-0.25, -0.2) is 0 Å². The minimum atomic E-state index is -0.746. The molecule has 0 aliphatic heterocycles. The summed E-state index contributed by atoms with van der Waals surface area (Å²) in [6.45, 7) is 7.57. The van der Waals surface area contributed by atoms with E-state index in [0.29, 0.717) is 12.8 Å². The highest BCUT2D eigenvalue weighted by Crippen LogP contribution is 2.45. The Morgan fingerprint density at radius 3 is 2.39 bits per heavy atom. The molecule has 0 bridgehead atoms. The predicted octanol–water partition coefficient (Wildman–Crippen LogP) is 0.975. The number of hydrogen-bond donors (Lipinski definition) is 3. The van der Waals surface area contributed by atoms with E-state index in [1.807, 2.05) is 20.8 Å². The van der Waals surface area contributed by atoms with Crippen molar-refractivity contribution in [1.82, 2.24) is 5.32 Å². The third-order valence-corrected chi connectivity index (χ3v) is 4.48. The summed E-state index contributed by atoms with van der Waals surface area (Å²) in [5.41, 5.74) is 5.20. The number of carbonyl (C=O) groups excluding carboxylic acids is 1. The molecule has 104 valence electrons. The van der Waals surface area contributed by atoms with Gasteiger partial charge in [0.25, 0.3) is 0 Å². The van der Waals surface area contributed by atoms with Gasteiger partial charge in [-0.3, -0.25) is 9.59 Å². The van der Waals surface area contributed by atoms with Crippen molar-refractivity contribution in [2.45, 2.75) is 52.6 Å². The van der Waals surface area contributed by atoms with Crippen molar-refractivity contribution in [2.75, 3.05) is 0 Å². The van der Waals surface area contributed by atoms with E-state index in [2.05, 4.69) is 5.32 Å². The fourth-order valence-corrected chi connectivity index (χ4v) is 2.76. The molecule has 1 fully saturated rings. The molecule has 1 aliphatic carbocycles. The average Bonchev–Trinajstić information content (AvgIpc) is 2.23. The van der Waals surface area contributed by atoms with Gasteiger partial charge in [0.15, 0.2) is 0 Å². The molecule has 0 saturated heterocycles. The van der Waals surface area contributed by atoms with Crippen LogP contribution in [0.5, 0.6) is 0 Å². The van der Waals surface area contributed by atoms with E-state index in [1.165, 1.54) is 0 Å². The third kappa shape index (κ3) is 2.83. The number of rotatable bonds is 3. The number of aliphatic carboxylic acids is 1. The zero-order chi connectivity index (χ0) is 14.1. The van der Waals surface area contributed by atoms with E-state index in [1.54, 1.807) is 6.92 Å². The van der Waals surface area contributed by atoms with Gasteiger partial charge in [-0.1, -0.05) is 20.8 Å². The van der Waals surface area contributed by atoms with Crippen LogP contribution in [0.25, 0.3) is 0 Å². The lowest BCUT2D eigenvalue weighted by Crippen LogP contribution is -2.54. The fraction of sp³-hybridized carbons (Fsp3) is 0.846. The van der Waals surface area contributed by atoms with Crippen molar-refractivity contribution >= 4 is 11.9 Å². The summed E-state index contributed by atoms with van der Waals surface area (Å²) < 4.78 is 0. The van der Waals surface area contributed by atoms with Gasteiger partial charge in [0.1, 0.15) is 0 Å². The first-order valence-corrected chi connectivity index (χ1v) is 6.46. The molecule has 0 spiro atoms. The van der Waals surface area contributed by atoms with Crippen LogP contribution in [0.1, 0.15) is 40.5 Å². The first-order chi connectivity index (χ1) is 8.17. The molecule has 1 aliphatic rings. The summed E-state index contributed by atoms with van der Waals surface area (Å²) in [5, 5.41) is 12.2. The van der Waals surface area contributed by atoms with Gasteiger partial charge < -0.3 is 16.2 Å². The fourth-order valence-electron chi connectivity index (χ4n) is 2.76. The number of hydrogen-bond acceptors (Lipinski definition) is 3. The van der Waals surface area contributed by atoms with E-state index in [9.17, 15) is 14.7 Å². The maximum atomic E-state index is 11.6. The van der Waals surface area contributed by atoms with Crippen LogP contribution >= 0.6 is 0 Å². The SMILES string of the molecule is CC1C(NC(=O)[C@@H](C)N)CCC(C(=O)O)C1(C)C. The quantitative estimate of drug-likeness (QED) is 0.701. The third-order valence-electron chi connectivity index (χ3n) is 4.48. The summed E-state index contributed by atoms with van der Waals surface area (Å²) in [7, 11) is 0. The Bertz CT molecular complexity index is 339. The van der Waals surface area contributed by atoms with Crippen LogP contribution in [-0.2, 0) is 9.59 Å². The molecule has 0 heterocycles. The Morgan fingerprint density at radius 2 is 1.94 bits per heavy atom. The number of carbonyl (C=O) groups is 2. The van der Waals surface area contributed by atoms with E-state index >= 15 is 0 Å². The highest BCUT2D eigenvalue weighted by molar-refractivity contribution is 5.81. The van der Waals surface area contributed by atoms with Crippen molar-refractivity contribution in [2.24, 2.45) is 23.0 Å². The Kier molecular flexibility index (Phi) is 4.37. The Hall–Kier alpha value is -1.10. The van der Waals surface area contributed by atoms with Gasteiger partial charge >= 0.3 is 5.97 Å². The second-order valence-corrected chi connectivity index (χ2v) is 5.98. The lowest BCUT2D eigenvalue weighted by atomic mass is 9.61. The van der Waals surface area contributed by atoms with Crippen LogP contribution in [0.15, 0.2) is 0 Å². The summed E-state index contributed by atoms with van der Waals surface area (Å²) >= 11 is 0. The molecular formula is C13H24N2O3. The lowest BCUT2D eigenvalue weighted by Gasteiger charge is -2.46.